The Balaban J connectivity index is 1.57. The summed E-state index contributed by atoms with van der Waals surface area (Å²) < 4.78 is 10.7. The van der Waals surface area contributed by atoms with E-state index in [1.807, 2.05) is 36.1 Å². The van der Waals surface area contributed by atoms with Crippen molar-refractivity contribution in [3.8, 4) is 17.1 Å². The minimum Gasteiger partial charge on any atom is -0.497 e. The van der Waals surface area contributed by atoms with Crippen LogP contribution in [0.15, 0.2) is 53.1 Å². The van der Waals surface area contributed by atoms with E-state index in [1.165, 1.54) is 0 Å². The third-order valence-electron chi connectivity index (χ3n) is 4.85. The van der Waals surface area contributed by atoms with Crippen molar-refractivity contribution in [2.45, 2.75) is 25.8 Å². The molecule has 1 aliphatic heterocycles. The van der Waals surface area contributed by atoms with Crippen molar-refractivity contribution in [3.05, 3.63) is 65.5 Å². The molecule has 1 atom stereocenters. The fourth-order valence-electron chi connectivity index (χ4n) is 3.44. The van der Waals surface area contributed by atoms with Crippen LogP contribution in [0, 0.1) is 6.92 Å². The molecule has 2 aromatic carbocycles. The SMILES string of the molecule is COc1ccc(C(=O)N2CCC[C@H]2c2nc(-c3cccc(C)c3)no2)cc1. The highest BCUT2D eigenvalue weighted by Gasteiger charge is 2.34. The van der Waals surface area contributed by atoms with Gasteiger partial charge in [-0.15, -0.1) is 0 Å². The first kappa shape index (κ1) is 17.3. The lowest BCUT2D eigenvalue weighted by Gasteiger charge is -2.22. The molecule has 6 heteroatoms. The largest absolute Gasteiger partial charge is 0.497 e. The highest BCUT2D eigenvalue weighted by molar-refractivity contribution is 5.94. The summed E-state index contributed by atoms with van der Waals surface area (Å²) in [6.07, 6.45) is 1.73. The average Bonchev–Trinajstić information content (AvgIpc) is 3.37. The highest BCUT2D eigenvalue weighted by atomic mass is 16.5. The Morgan fingerprint density at radius 3 is 2.78 bits per heavy atom. The molecule has 1 aromatic heterocycles. The minimum absolute atomic E-state index is 0.0320. The maximum Gasteiger partial charge on any atom is 0.254 e. The molecule has 0 spiro atoms. The molecule has 138 valence electrons. The van der Waals surface area contributed by atoms with Gasteiger partial charge in [0.2, 0.25) is 11.7 Å². The van der Waals surface area contributed by atoms with E-state index >= 15 is 0 Å². The van der Waals surface area contributed by atoms with Crippen LogP contribution in [0.2, 0.25) is 0 Å². The Bertz CT molecular complexity index is 949. The quantitative estimate of drug-likeness (QED) is 0.700. The smallest absolute Gasteiger partial charge is 0.254 e. The number of hydrogen-bond acceptors (Lipinski definition) is 5. The molecule has 0 aliphatic carbocycles. The molecule has 0 unspecified atom stereocenters. The van der Waals surface area contributed by atoms with Gasteiger partial charge in [-0.2, -0.15) is 4.98 Å². The molecule has 0 saturated carbocycles. The van der Waals surface area contributed by atoms with Crippen LogP contribution in [-0.2, 0) is 0 Å². The van der Waals surface area contributed by atoms with Gasteiger partial charge in [0.1, 0.15) is 11.8 Å². The van der Waals surface area contributed by atoms with Gasteiger partial charge in [-0.3, -0.25) is 4.79 Å². The lowest BCUT2D eigenvalue weighted by atomic mass is 10.1. The van der Waals surface area contributed by atoms with Crippen LogP contribution < -0.4 is 4.74 Å². The Hall–Kier alpha value is -3.15. The van der Waals surface area contributed by atoms with Crippen molar-refractivity contribution >= 4 is 5.91 Å². The van der Waals surface area contributed by atoms with Crippen LogP contribution in [0.25, 0.3) is 11.4 Å². The zero-order valence-corrected chi connectivity index (χ0v) is 15.4. The zero-order chi connectivity index (χ0) is 18.8. The van der Waals surface area contributed by atoms with Gasteiger partial charge < -0.3 is 14.2 Å². The van der Waals surface area contributed by atoms with Gasteiger partial charge in [-0.1, -0.05) is 28.9 Å². The van der Waals surface area contributed by atoms with E-state index in [0.29, 0.717) is 23.8 Å². The predicted octanol–water partition coefficient (Wildman–Crippen LogP) is 4.03. The van der Waals surface area contributed by atoms with Gasteiger partial charge in [0.15, 0.2) is 0 Å². The first-order valence-electron chi connectivity index (χ1n) is 9.01. The molecule has 4 rings (SSSR count). The van der Waals surface area contributed by atoms with Gasteiger partial charge >= 0.3 is 0 Å². The number of methoxy groups -OCH3 is 1. The second kappa shape index (κ2) is 7.23. The summed E-state index contributed by atoms with van der Waals surface area (Å²) in [6.45, 7) is 2.70. The van der Waals surface area contributed by atoms with Gasteiger partial charge in [-0.05, 0) is 50.1 Å². The van der Waals surface area contributed by atoms with E-state index in [2.05, 4.69) is 10.1 Å². The fraction of sp³-hybridized carbons (Fsp3) is 0.286. The number of nitrogens with zero attached hydrogens (tertiary/aromatic N) is 3. The van der Waals surface area contributed by atoms with Gasteiger partial charge in [0, 0.05) is 17.7 Å². The molecule has 1 fully saturated rings. The number of likely N-dealkylation sites (tertiary alicyclic amines) is 1. The number of carbonyl (C=O) groups excluding carboxylic acids is 1. The standard InChI is InChI=1S/C21H21N3O3/c1-14-5-3-6-16(13-14)19-22-20(27-23-19)18-7-4-12-24(18)21(25)15-8-10-17(26-2)11-9-15/h3,5-6,8-11,13,18H,4,7,12H2,1-2H3/t18-/m0/s1. The number of benzene rings is 2. The number of rotatable bonds is 4. The van der Waals surface area contributed by atoms with Crippen molar-refractivity contribution in [2.24, 2.45) is 0 Å². The number of hydrogen-bond donors (Lipinski definition) is 0. The summed E-state index contributed by atoms with van der Waals surface area (Å²) in [4.78, 5) is 19.3. The number of aryl methyl sites for hydroxylation is 1. The van der Waals surface area contributed by atoms with Crippen molar-refractivity contribution in [1.82, 2.24) is 15.0 Å². The Morgan fingerprint density at radius 1 is 1.22 bits per heavy atom. The summed E-state index contributed by atoms with van der Waals surface area (Å²) in [7, 11) is 1.61. The summed E-state index contributed by atoms with van der Waals surface area (Å²) in [5.74, 6) is 1.74. The molecule has 1 aliphatic rings. The third-order valence-corrected chi connectivity index (χ3v) is 4.85. The molecule has 1 amide bonds. The maximum atomic E-state index is 12.9. The average molecular weight is 363 g/mol. The molecule has 3 aromatic rings. The molecule has 0 radical (unpaired) electrons. The second-order valence-electron chi connectivity index (χ2n) is 6.71. The first-order valence-corrected chi connectivity index (χ1v) is 9.01. The van der Waals surface area contributed by atoms with Crippen LogP contribution in [0.4, 0.5) is 0 Å². The van der Waals surface area contributed by atoms with E-state index in [1.54, 1.807) is 31.4 Å². The van der Waals surface area contributed by atoms with Crippen LogP contribution in [0.1, 0.15) is 40.7 Å². The predicted molar refractivity (Wildman–Crippen MR) is 100 cm³/mol. The Kier molecular flexibility index (Phi) is 4.62. The van der Waals surface area contributed by atoms with E-state index in [-0.39, 0.29) is 11.9 Å². The fourth-order valence-corrected chi connectivity index (χ4v) is 3.44. The van der Waals surface area contributed by atoms with Gasteiger partial charge in [-0.25, -0.2) is 0 Å². The van der Waals surface area contributed by atoms with Gasteiger partial charge in [0.05, 0.1) is 7.11 Å². The molecule has 2 heterocycles. The summed E-state index contributed by atoms with van der Waals surface area (Å²) >= 11 is 0. The molecule has 0 N–H and O–H groups in total. The topological polar surface area (TPSA) is 68.5 Å². The molecule has 0 bridgehead atoms. The van der Waals surface area contributed by atoms with E-state index < -0.39 is 0 Å². The van der Waals surface area contributed by atoms with Crippen molar-refractivity contribution in [3.63, 3.8) is 0 Å². The van der Waals surface area contributed by atoms with Crippen molar-refractivity contribution in [1.29, 1.82) is 0 Å². The lowest BCUT2D eigenvalue weighted by Crippen LogP contribution is -2.30. The lowest BCUT2D eigenvalue weighted by molar-refractivity contribution is 0.0710. The summed E-state index contributed by atoms with van der Waals surface area (Å²) in [5, 5.41) is 4.12. The van der Waals surface area contributed by atoms with Crippen LogP contribution >= 0.6 is 0 Å². The number of ether oxygens (including phenoxy) is 1. The van der Waals surface area contributed by atoms with Crippen LogP contribution in [0.5, 0.6) is 5.75 Å². The van der Waals surface area contributed by atoms with Gasteiger partial charge in [0.25, 0.3) is 5.91 Å². The Labute approximate surface area is 157 Å². The number of aromatic nitrogens is 2. The molecule has 6 nitrogen and oxygen atoms in total. The van der Waals surface area contributed by atoms with Crippen molar-refractivity contribution < 1.29 is 14.1 Å². The maximum absolute atomic E-state index is 12.9. The van der Waals surface area contributed by atoms with E-state index in [9.17, 15) is 4.79 Å². The number of carbonyl (C=O) groups is 1. The normalized spacial score (nSPS) is 16.5. The number of amides is 1. The molecule has 27 heavy (non-hydrogen) atoms. The van der Waals surface area contributed by atoms with Crippen molar-refractivity contribution in [2.75, 3.05) is 13.7 Å². The Morgan fingerprint density at radius 2 is 2.04 bits per heavy atom. The monoisotopic (exact) mass is 363 g/mol. The zero-order valence-electron chi connectivity index (χ0n) is 15.4. The summed E-state index contributed by atoms with van der Waals surface area (Å²) in [5.41, 5.74) is 2.67. The van der Waals surface area contributed by atoms with Crippen LogP contribution in [-0.4, -0.2) is 34.6 Å². The third kappa shape index (κ3) is 3.43. The van der Waals surface area contributed by atoms with E-state index in [4.69, 9.17) is 9.26 Å². The molecule has 1 saturated heterocycles. The van der Waals surface area contributed by atoms with E-state index in [0.717, 1.165) is 29.7 Å². The second-order valence-corrected chi connectivity index (χ2v) is 6.71. The molecular formula is C21H21N3O3. The highest BCUT2D eigenvalue weighted by Crippen LogP contribution is 2.33. The molecular weight excluding hydrogens is 342 g/mol. The van der Waals surface area contributed by atoms with Crippen LogP contribution in [0.3, 0.4) is 0 Å². The first-order chi connectivity index (χ1) is 13.2. The minimum atomic E-state index is -0.189. The summed E-state index contributed by atoms with van der Waals surface area (Å²) in [6, 6.07) is 14.9.